The van der Waals surface area contributed by atoms with Gasteiger partial charge in [-0.05, 0) is 84.1 Å². The van der Waals surface area contributed by atoms with Crippen molar-refractivity contribution >= 4 is 54.6 Å². The third kappa shape index (κ3) is 4.25. The van der Waals surface area contributed by atoms with Crippen LogP contribution in [0, 0.1) is 11.8 Å². The van der Waals surface area contributed by atoms with Crippen LogP contribution >= 0.6 is 0 Å². The summed E-state index contributed by atoms with van der Waals surface area (Å²) in [6.07, 6.45) is 10.8. The molecule has 2 aromatic heterocycles. The first-order chi connectivity index (χ1) is 25.8. The van der Waals surface area contributed by atoms with Crippen molar-refractivity contribution in [3.05, 3.63) is 204 Å². The first-order valence-corrected chi connectivity index (χ1v) is 18.0. The van der Waals surface area contributed by atoms with Crippen LogP contribution in [0.15, 0.2) is 191 Å². The zero-order valence-corrected chi connectivity index (χ0v) is 28.3. The predicted molar refractivity (Wildman–Crippen MR) is 214 cm³/mol. The fourth-order valence-electron chi connectivity index (χ4n) is 9.05. The summed E-state index contributed by atoms with van der Waals surface area (Å²) in [7, 11) is 0. The van der Waals surface area contributed by atoms with Crippen LogP contribution in [-0.4, -0.2) is 0 Å². The highest BCUT2D eigenvalue weighted by Gasteiger charge is 2.34. The van der Waals surface area contributed by atoms with E-state index in [0.717, 1.165) is 38.8 Å². The van der Waals surface area contributed by atoms with Crippen molar-refractivity contribution in [3.8, 4) is 22.3 Å². The monoisotopic (exact) mass is 664 g/mol. The number of para-hydroxylation sites is 1. The van der Waals surface area contributed by atoms with E-state index in [1.54, 1.807) is 6.26 Å². The molecular weight excluding hydrogens is 633 g/mol. The molecule has 7 aromatic carbocycles. The molecule has 2 heterocycles. The highest BCUT2D eigenvalue weighted by atomic mass is 16.3. The van der Waals surface area contributed by atoms with E-state index in [1.165, 1.54) is 59.8 Å². The predicted octanol–water partition coefficient (Wildman–Crippen LogP) is 11.6. The molecule has 0 N–H and O–H groups in total. The average Bonchev–Trinajstić information content (AvgIpc) is 3.88. The second-order valence-corrected chi connectivity index (χ2v) is 13.9. The standard InChI is InChI=1S/C50H32O2/c1-2-14-31(15-3-1)46-34-16-4-6-18-36(34)47(37-19-7-5-17-35(37)46)32-27-28-33-42-24-12-25-43(50(42)52-45(33)30-32)48-38-20-8-10-22-40(38)49(44-26-13-29-51-44)41-23-11-9-21-39(41)48/h1-30,38,40H. The fraction of sp³-hybridized carbons (Fsp3) is 0.0400. The molecule has 9 aromatic rings. The number of furan rings is 2. The van der Waals surface area contributed by atoms with Gasteiger partial charge in [0.25, 0.3) is 0 Å². The first kappa shape index (κ1) is 29.1. The molecule has 0 bridgehead atoms. The maximum absolute atomic E-state index is 7.02. The van der Waals surface area contributed by atoms with Crippen LogP contribution < -0.4 is 10.4 Å². The van der Waals surface area contributed by atoms with E-state index in [-0.39, 0.29) is 11.8 Å². The second kappa shape index (κ2) is 11.4. The Bertz CT molecular complexity index is 3010. The van der Waals surface area contributed by atoms with E-state index >= 15 is 0 Å². The summed E-state index contributed by atoms with van der Waals surface area (Å²) in [5.41, 5.74) is 10.3. The average molecular weight is 665 g/mol. The van der Waals surface area contributed by atoms with Gasteiger partial charge in [-0.3, -0.25) is 0 Å². The van der Waals surface area contributed by atoms with Crippen LogP contribution in [0.5, 0.6) is 0 Å². The molecule has 0 radical (unpaired) electrons. The van der Waals surface area contributed by atoms with E-state index in [1.807, 2.05) is 6.07 Å². The van der Waals surface area contributed by atoms with Crippen molar-refractivity contribution in [1.82, 2.24) is 0 Å². The summed E-state index contributed by atoms with van der Waals surface area (Å²) in [6, 6.07) is 54.6. The third-order valence-electron chi connectivity index (χ3n) is 11.2. The Hall–Kier alpha value is -6.64. The summed E-state index contributed by atoms with van der Waals surface area (Å²) in [6.45, 7) is 0. The number of allylic oxidation sites excluding steroid dienone is 4. The molecule has 11 rings (SSSR count). The minimum Gasteiger partial charge on any atom is -0.465 e. The van der Waals surface area contributed by atoms with Crippen molar-refractivity contribution in [2.75, 3.05) is 0 Å². The Morgan fingerprint density at radius 2 is 1.02 bits per heavy atom. The zero-order valence-electron chi connectivity index (χ0n) is 28.3. The van der Waals surface area contributed by atoms with Gasteiger partial charge < -0.3 is 8.83 Å². The molecule has 2 aliphatic rings. The highest BCUT2D eigenvalue weighted by molar-refractivity contribution is 6.22. The molecule has 0 saturated carbocycles. The topological polar surface area (TPSA) is 26.3 Å². The highest BCUT2D eigenvalue weighted by Crippen LogP contribution is 2.46. The second-order valence-electron chi connectivity index (χ2n) is 13.9. The molecule has 52 heavy (non-hydrogen) atoms. The summed E-state index contributed by atoms with van der Waals surface area (Å²) in [4.78, 5) is 0. The Labute approximate surface area is 300 Å². The van der Waals surface area contributed by atoms with Gasteiger partial charge >= 0.3 is 0 Å². The Morgan fingerprint density at radius 1 is 0.423 bits per heavy atom. The van der Waals surface area contributed by atoms with Gasteiger partial charge in [-0.25, -0.2) is 0 Å². The summed E-state index contributed by atoms with van der Waals surface area (Å²) in [5.74, 6) is 1.20. The van der Waals surface area contributed by atoms with E-state index in [2.05, 4.69) is 170 Å². The van der Waals surface area contributed by atoms with E-state index in [4.69, 9.17) is 8.83 Å². The van der Waals surface area contributed by atoms with Gasteiger partial charge in [-0.1, -0.05) is 152 Å². The van der Waals surface area contributed by atoms with Crippen molar-refractivity contribution in [2.24, 2.45) is 11.8 Å². The van der Waals surface area contributed by atoms with Crippen LogP contribution in [0.25, 0.3) is 76.9 Å². The van der Waals surface area contributed by atoms with Crippen LogP contribution in [0.2, 0.25) is 0 Å². The molecular formula is C50H32O2. The number of benzene rings is 7. The maximum atomic E-state index is 7.02. The molecule has 0 saturated heterocycles. The zero-order chi connectivity index (χ0) is 34.2. The lowest BCUT2D eigenvalue weighted by Gasteiger charge is -2.32. The lowest BCUT2D eigenvalue weighted by atomic mass is 9.71. The summed E-state index contributed by atoms with van der Waals surface area (Å²) < 4.78 is 13.1. The summed E-state index contributed by atoms with van der Waals surface area (Å²) >= 11 is 0. The molecule has 2 nitrogen and oxygen atoms in total. The van der Waals surface area contributed by atoms with Gasteiger partial charge in [-0.15, -0.1) is 0 Å². The summed E-state index contributed by atoms with van der Waals surface area (Å²) in [5, 5.41) is 9.65. The van der Waals surface area contributed by atoms with Crippen LogP contribution in [0.3, 0.4) is 0 Å². The number of hydrogen-bond donors (Lipinski definition) is 0. The number of fused-ring (bicyclic) bond motifs is 7. The molecule has 0 amide bonds. The van der Waals surface area contributed by atoms with Gasteiger partial charge in [0.05, 0.1) is 6.26 Å². The van der Waals surface area contributed by atoms with Gasteiger partial charge in [0.1, 0.15) is 16.9 Å². The van der Waals surface area contributed by atoms with E-state index < -0.39 is 0 Å². The maximum Gasteiger partial charge on any atom is 0.142 e. The third-order valence-corrected chi connectivity index (χ3v) is 11.2. The minimum absolute atomic E-state index is 0.134. The largest absolute Gasteiger partial charge is 0.465 e. The minimum atomic E-state index is 0.134. The van der Waals surface area contributed by atoms with Gasteiger partial charge in [-0.2, -0.15) is 0 Å². The number of hydrogen-bond acceptors (Lipinski definition) is 2. The van der Waals surface area contributed by atoms with Crippen molar-refractivity contribution in [2.45, 2.75) is 0 Å². The Balaban J connectivity index is 1.17. The molecule has 2 aliphatic carbocycles. The quantitative estimate of drug-likeness (QED) is 0.175. The molecule has 0 fully saturated rings. The molecule has 2 atom stereocenters. The van der Waals surface area contributed by atoms with Crippen LogP contribution in [0.4, 0.5) is 0 Å². The normalized spacial score (nSPS) is 16.6. The van der Waals surface area contributed by atoms with Gasteiger partial charge in [0.2, 0.25) is 0 Å². The molecule has 2 unspecified atom stereocenters. The van der Waals surface area contributed by atoms with Crippen LogP contribution in [0.1, 0.15) is 11.3 Å². The smallest absolute Gasteiger partial charge is 0.142 e. The van der Waals surface area contributed by atoms with Crippen LogP contribution in [-0.2, 0) is 0 Å². The van der Waals surface area contributed by atoms with E-state index in [0.29, 0.717) is 0 Å². The van der Waals surface area contributed by atoms with Gasteiger partial charge in [0.15, 0.2) is 0 Å². The lowest BCUT2D eigenvalue weighted by Crippen LogP contribution is -2.40. The van der Waals surface area contributed by atoms with Gasteiger partial charge in [0, 0.05) is 33.7 Å². The van der Waals surface area contributed by atoms with E-state index in [9.17, 15) is 0 Å². The SMILES string of the molecule is C1=CC2C(c3ccco3)=c3ccccc3=C(c3cccc4c3oc3cc(-c5c6ccccc6c(-c6ccccc6)c6ccccc56)ccc34)C2C=C1. The van der Waals surface area contributed by atoms with Crippen molar-refractivity contribution in [1.29, 1.82) is 0 Å². The molecule has 244 valence electrons. The Kier molecular flexibility index (Phi) is 6.41. The fourth-order valence-corrected chi connectivity index (χ4v) is 9.05. The van der Waals surface area contributed by atoms with Crippen molar-refractivity contribution in [3.63, 3.8) is 0 Å². The molecule has 0 aliphatic heterocycles. The number of rotatable bonds is 4. The van der Waals surface area contributed by atoms with Crippen molar-refractivity contribution < 1.29 is 8.83 Å². The first-order valence-electron chi connectivity index (χ1n) is 18.0. The molecule has 0 spiro atoms. The lowest BCUT2D eigenvalue weighted by molar-refractivity contribution is 0.537. The Morgan fingerprint density at radius 3 is 1.69 bits per heavy atom. The molecule has 2 heteroatoms.